The Morgan fingerprint density at radius 3 is 2.86 bits per heavy atom. The van der Waals surface area contributed by atoms with Gasteiger partial charge in [-0.3, -0.25) is 9.80 Å². The average Bonchev–Trinajstić information content (AvgIpc) is 2.94. The van der Waals surface area contributed by atoms with Crippen molar-refractivity contribution in [3.8, 4) is 0 Å². The Balaban J connectivity index is 2.09. The molecule has 0 aromatic heterocycles. The van der Waals surface area contributed by atoms with Gasteiger partial charge in [0, 0.05) is 12.1 Å². The Hall–Kier alpha value is -2.67. The lowest BCUT2D eigenvalue weighted by Crippen LogP contribution is -2.52. The van der Waals surface area contributed by atoms with Gasteiger partial charge in [0.1, 0.15) is 11.6 Å². The van der Waals surface area contributed by atoms with Gasteiger partial charge in [0.25, 0.3) is 0 Å². The number of halogens is 1. The Labute approximate surface area is 165 Å². The first-order valence-electron chi connectivity index (χ1n) is 9.64. The lowest BCUT2D eigenvalue weighted by atomic mass is 10.0. The summed E-state index contributed by atoms with van der Waals surface area (Å²) in [7, 11) is 0. The summed E-state index contributed by atoms with van der Waals surface area (Å²) in [5.41, 5.74) is 8.65. The second-order valence-corrected chi connectivity index (χ2v) is 7.37. The molecule has 0 bridgehead atoms. The summed E-state index contributed by atoms with van der Waals surface area (Å²) in [5.74, 6) is -0.135. The normalized spacial score (nSPS) is 21.8. The van der Waals surface area contributed by atoms with Crippen LogP contribution in [0.4, 0.5) is 14.9 Å². The van der Waals surface area contributed by atoms with Gasteiger partial charge in [0.15, 0.2) is 0 Å². The minimum absolute atomic E-state index is 0.0104. The van der Waals surface area contributed by atoms with Crippen LogP contribution in [0.5, 0.6) is 0 Å². The summed E-state index contributed by atoms with van der Waals surface area (Å²) in [4.78, 5) is 20.7. The maximum atomic E-state index is 14.6. The highest BCUT2D eigenvalue weighted by Gasteiger charge is 2.37. The molecule has 3 N–H and O–H groups in total. The molecule has 6 nitrogen and oxygen atoms in total. The SMILES string of the molecule is C=N/C(N)=C\C1=C(C)CN(c2c(C)cccc2F)C(=O)N1[C@@H]1CCCNCC1. The quantitative estimate of drug-likeness (QED) is 0.781. The first kappa shape index (κ1) is 20.1. The Bertz CT molecular complexity index is 804. The number of para-hydroxylation sites is 1. The summed E-state index contributed by atoms with van der Waals surface area (Å²) in [6, 6.07) is 4.65. The van der Waals surface area contributed by atoms with E-state index in [1.54, 1.807) is 17.0 Å². The number of nitrogens with two attached hydrogens (primary N) is 1. The molecule has 1 atom stereocenters. The molecule has 3 rings (SSSR count). The molecule has 1 fully saturated rings. The predicted octanol–water partition coefficient (Wildman–Crippen LogP) is 3.29. The largest absolute Gasteiger partial charge is 0.384 e. The monoisotopic (exact) mass is 385 g/mol. The number of nitrogens with one attached hydrogen (secondary N) is 1. The number of amides is 2. The number of allylic oxidation sites excluding steroid dienone is 1. The van der Waals surface area contributed by atoms with Gasteiger partial charge in [-0.25, -0.2) is 14.2 Å². The molecule has 1 aromatic rings. The number of carbonyl (C=O) groups excluding carboxylic acids is 1. The van der Waals surface area contributed by atoms with Crippen LogP contribution in [0.15, 0.2) is 46.4 Å². The van der Waals surface area contributed by atoms with E-state index in [0.717, 1.165) is 49.2 Å². The van der Waals surface area contributed by atoms with Crippen molar-refractivity contribution < 1.29 is 9.18 Å². The van der Waals surface area contributed by atoms with E-state index in [9.17, 15) is 9.18 Å². The molecule has 2 amide bonds. The van der Waals surface area contributed by atoms with Crippen LogP contribution in [0, 0.1) is 12.7 Å². The molecule has 2 aliphatic heterocycles. The number of anilines is 1. The molecule has 0 saturated carbocycles. The number of benzene rings is 1. The van der Waals surface area contributed by atoms with Gasteiger partial charge in [-0.1, -0.05) is 12.1 Å². The van der Waals surface area contributed by atoms with Crippen molar-refractivity contribution in [1.29, 1.82) is 0 Å². The van der Waals surface area contributed by atoms with Crippen LogP contribution in [0.25, 0.3) is 0 Å². The zero-order valence-corrected chi connectivity index (χ0v) is 16.5. The number of aliphatic imine (C=N–C) groups is 1. The van der Waals surface area contributed by atoms with Crippen LogP contribution in [0.3, 0.4) is 0 Å². The van der Waals surface area contributed by atoms with Crippen molar-refractivity contribution in [3.63, 3.8) is 0 Å². The van der Waals surface area contributed by atoms with Crippen molar-refractivity contribution in [2.45, 2.75) is 39.2 Å². The van der Waals surface area contributed by atoms with E-state index >= 15 is 0 Å². The standard InChI is InChI=1S/C21H28FN5O/c1-14-6-4-8-17(22)20(14)26-13-15(2)18(12-19(23)24-3)27(21(26)28)16-7-5-10-25-11-9-16/h4,6,8,12,16,25H,3,5,7,9-11,13,23H2,1-2H3/b19-12-/t16-/m1/s1. The topological polar surface area (TPSA) is 74.0 Å². The van der Waals surface area contributed by atoms with Crippen molar-refractivity contribution in [2.24, 2.45) is 10.7 Å². The van der Waals surface area contributed by atoms with Crippen LogP contribution in [0.1, 0.15) is 31.7 Å². The molecule has 2 aliphatic rings. The number of nitrogens with zero attached hydrogens (tertiary/aromatic N) is 3. The zero-order valence-electron chi connectivity index (χ0n) is 16.5. The second-order valence-electron chi connectivity index (χ2n) is 7.37. The molecular weight excluding hydrogens is 357 g/mol. The lowest BCUT2D eigenvalue weighted by Gasteiger charge is -2.41. The van der Waals surface area contributed by atoms with E-state index in [-0.39, 0.29) is 17.9 Å². The molecule has 0 spiro atoms. The zero-order chi connectivity index (χ0) is 20.3. The first-order chi connectivity index (χ1) is 13.4. The molecule has 28 heavy (non-hydrogen) atoms. The van der Waals surface area contributed by atoms with Crippen molar-refractivity contribution >= 4 is 18.4 Å². The van der Waals surface area contributed by atoms with Crippen LogP contribution < -0.4 is 16.0 Å². The molecule has 0 unspecified atom stereocenters. The van der Waals surface area contributed by atoms with E-state index in [0.29, 0.717) is 12.2 Å². The third-order valence-corrected chi connectivity index (χ3v) is 5.37. The highest BCUT2D eigenvalue weighted by atomic mass is 19.1. The molecule has 150 valence electrons. The fourth-order valence-corrected chi connectivity index (χ4v) is 3.95. The summed E-state index contributed by atoms with van der Waals surface area (Å²) in [6.07, 6.45) is 4.36. The number of hydrogen-bond acceptors (Lipinski definition) is 4. The van der Waals surface area contributed by atoms with Crippen LogP contribution >= 0.6 is 0 Å². The molecular formula is C21H28FN5O. The summed E-state index contributed by atoms with van der Waals surface area (Å²) < 4.78 is 14.6. The molecule has 0 radical (unpaired) electrons. The highest BCUT2D eigenvalue weighted by Crippen LogP contribution is 2.34. The molecule has 1 aromatic carbocycles. The molecule has 1 saturated heterocycles. The van der Waals surface area contributed by atoms with E-state index in [1.165, 1.54) is 11.0 Å². The number of aryl methyl sites for hydroxylation is 1. The summed E-state index contributed by atoms with van der Waals surface area (Å²) in [5, 5.41) is 3.37. The van der Waals surface area contributed by atoms with Crippen LogP contribution in [-0.2, 0) is 0 Å². The molecule has 7 heteroatoms. The second kappa shape index (κ2) is 8.56. The van der Waals surface area contributed by atoms with E-state index < -0.39 is 5.82 Å². The Kier molecular flexibility index (Phi) is 6.14. The number of urea groups is 1. The van der Waals surface area contributed by atoms with Crippen molar-refractivity contribution in [2.75, 3.05) is 24.5 Å². The number of rotatable bonds is 4. The minimum Gasteiger partial charge on any atom is -0.384 e. The maximum absolute atomic E-state index is 14.6. The third kappa shape index (κ3) is 3.94. The Morgan fingerprint density at radius 1 is 1.36 bits per heavy atom. The van der Waals surface area contributed by atoms with E-state index in [4.69, 9.17) is 5.73 Å². The third-order valence-electron chi connectivity index (χ3n) is 5.37. The van der Waals surface area contributed by atoms with Gasteiger partial charge in [-0.15, -0.1) is 0 Å². The van der Waals surface area contributed by atoms with Gasteiger partial charge in [-0.05, 0) is 70.1 Å². The van der Waals surface area contributed by atoms with Gasteiger partial charge in [0.2, 0.25) is 0 Å². The van der Waals surface area contributed by atoms with Gasteiger partial charge < -0.3 is 11.1 Å². The summed E-state index contributed by atoms with van der Waals surface area (Å²) >= 11 is 0. The number of carbonyl (C=O) groups is 1. The van der Waals surface area contributed by atoms with Crippen molar-refractivity contribution in [3.05, 3.63) is 52.7 Å². The average molecular weight is 385 g/mol. The van der Waals surface area contributed by atoms with Gasteiger partial charge >= 0.3 is 6.03 Å². The predicted molar refractivity (Wildman–Crippen MR) is 111 cm³/mol. The highest BCUT2D eigenvalue weighted by molar-refractivity contribution is 5.96. The molecule has 2 heterocycles. The van der Waals surface area contributed by atoms with E-state index in [2.05, 4.69) is 17.0 Å². The first-order valence-corrected chi connectivity index (χ1v) is 9.64. The maximum Gasteiger partial charge on any atom is 0.329 e. The molecule has 0 aliphatic carbocycles. The smallest absolute Gasteiger partial charge is 0.329 e. The van der Waals surface area contributed by atoms with Crippen molar-refractivity contribution in [1.82, 2.24) is 10.2 Å². The minimum atomic E-state index is -0.394. The van der Waals surface area contributed by atoms with Crippen LogP contribution in [0.2, 0.25) is 0 Å². The fourth-order valence-electron chi connectivity index (χ4n) is 3.95. The fraction of sp³-hybridized carbons (Fsp3) is 0.429. The van der Waals surface area contributed by atoms with Gasteiger partial charge in [-0.2, -0.15) is 0 Å². The summed E-state index contributed by atoms with van der Waals surface area (Å²) in [6.45, 7) is 9.30. The lowest BCUT2D eigenvalue weighted by molar-refractivity contribution is 0.193. The Morgan fingerprint density at radius 2 is 2.14 bits per heavy atom. The van der Waals surface area contributed by atoms with Gasteiger partial charge in [0.05, 0.1) is 17.9 Å². The van der Waals surface area contributed by atoms with E-state index in [1.807, 2.05) is 19.9 Å². The van der Waals surface area contributed by atoms with Crippen LogP contribution in [-0.4, -0.2) is 43.3 Å². The number of hydrogen-bond donors (Lipinski definition) is 2.